The van der Waals surface area contributed by atoms with E-state index in [1.54, 1.807) is 0 Å². The molecule has 0 heterocycles. The van der Waals surface area contributed by atoms with Gasteiger partial charge in [-0.05, 0) is 0 Å². The second-order valence-electron chi connectivity index (χ2n) is 9.57. The van der Waals surface area contributed by atoms with Crippen molar-refractivity contribution in [2.24, 2.45) is 11.3 Å². The first-order chi connectivity index (χ1) is 13.7. The molecule has 0 bridgehead atoms. The number of hydrogen-bond donors (Lipinski definition) is 0. The molecular formula is C27H34BrP. The van der Waals surface area contributed by atoms with Crippen molar-refractivity contribution in [3.05, 3.63) is 91.0 Å². The van der Waals surface area contributed by atoms with Gasteiger partial charge in [0.1, 0.15) is 0 Å². The predicted octanol–water partition coefficient (Wildman–Crippen LogP) is 7.29. The molecule has 0 aromatic heterocycles. The van der Waals surface area contributed by atoms with Gasteiger partial charge in [0.2, 0.25) is 0 Å². The molecule has 1 unspecified atom stereocenters. The Kier molecular flexibility index (Phi) is 6.71. The van der Waals surface area contributed by atoms with E-state index in [1.165, 1.54) is 28.8 Å². The zero-order valence-corrected chi connectivity index (χ0v) is 20.7. The van der Waals surface area contributed by atoms with E-state index >= 15 is 0 Å². The molecule has 3 aromatic carbocycles. The third-order valence-corrected chi connectivity index (χ3v) is 15.9. The van der Waals surface area contributed by atoms with Gasteiger partial charge < -0.3 is 0 Å². The molecule has 154 valence electrons. The summed E-state index contributed by atoms with van der Waals surface area (Å²) < 4.78 is 0. The summed E-state index contributed by atoms with van der Waals surface area (Å²) in [5.41, 5.74) is 0.356. The minimum atomic E-state index is -2.76. The maximum atomic E-state index is 4.56. The molecule has 0 fully saturated rings. The summed E-state index contributed by atoms with van der Waals surface area (Å²) in [7, 11) is 0. The molecule has 0 saturated carbocycles. The van der Waals surface area contributed by atoms with Gasteiger partial charge in [-0.2, -0.15) is 0 Å². The molecule has 0 aliphatic heterocycles. The summed E-state index contributed by atoms with van der Waals surface area (Å²) in [5, 5.41) is 1.48. The van der Waals surface area contributed by atoms with Crippen LogP contribution < -0.4 is 15.9 Å². The van der Waals surface area contributed by atoms with E-state index in [0.29, 0.717) is 11.3 Å². The Labute approximate surface area is 185 Å². The molecule has 0 nitrogen and oxygen atoms in total. The number of hydrogen-bond acceptors (Lipinski definition) is 0. The molecule has 0 saturated heterocycles. The van der Waals surface area contributed by atoms with Crippen molar-refractivity contribution in [1.82, 2.24) is 0 Å². The maximum absolute atomic E-state index is 4.56. The van der Waals surface area contributed by atoms with Gasteiger partial charge in [-0.3, -0.25) is 0 Å². The molecule has 0 aliphatic carbocycles. The van der Waals surface area contributed by atoms with Crippen LogP contribution in [0.5, 0.6) is 0 Å². The van der Waals surface area contributed by atoms with Crippen LogP contribution in [-0.4, -0.2) is 6.16 Å². The Hall–Kier alpha value is -1.43. The topological polar surface area (TPSA) is 0 Å². The van der Waals surface area contributed by atoms with Crippen molar-refractivity contribution in [1.29, 1.82) is 0 Å². The van der Waals surface area contributed by atoms with Crippen LogP contribution in [-0.2, 0) is 0 Å². The summed E-state index contributed by atoms with van der Waals surface area (Å²) in [6.45, 7) is 9.47. The van der Waals surface area contributed by atoms with Gasteiger partial charge in [-0.15, -0.1) is 0 Å². The minimum absolute atomic E-state index is 0.356. The summed E-state index contributed by atoms with van der Waals surface area (Å²) in [6, 6.07) is 33.4. The first kappa shape index (κ1) is 22.3. The number of halogens is 1. The second kappa shape index (κ2) is 8.75. The summed E-state index contributed by atoms with van der Waals surface area (Å²) in [4.78, 5) is 0. The zero-order valence-electron chi connectivity index (χ0n) is 18.2. The van der Waals surface area contributed by atoms with Gasteiger partial charge in [0.15, 0.2) is 0 Å². The van der Waals surface area contributed by atoms with E-state index in [2.05, 4.69) is 134 Å². The van der Waals surface area contributed by atoms with Gasteiger partial charge in [0, 0.05) is 0 Å². The predicted molar refractivity (Wildman–Crippen MR) is 137 cm³/mol. The first-order valence-electron chi connectivity index (χ1n) is 10.6. The average Bonchev–Trinajstić information content (AvgIpc) is 2.73. The summed E-state index contributed by atoms with van der Waals surface area (Å²) >= 11 is 4.56. The van der Waals surface area contributed by atoms with E-state index in [9.17, 15) is 0 Å². The fourth-order valence-corrected chi connectivity index (χ4v) is 12.4. The van der Waals surface area contributed by atoms with Crippen LogP contribution in [0.3, 0.4) is 0 Å². The van der Waals surface area contributed by atoms with Gasteiger partial charge in [0.05, 0.1) is 0 Å². The molecule has 0 spiro atoms. The first-order valence-corrected chi connectivity index (χ1v) is 15.1. The Morgan fingerprint density at radius 1 is 0.690 bits per heavy atom. The van der Waals surface area contributed by atoms with Crippen LogP contribution in [0.25, 0.3) is 0 Å². The standard InChI is InChI=1S/C27H34BrP/c1-23(22-27(2,3)4)20-21-29(28,24-14-8-5-9-15-24,25-16-10-6-11-17-25)26-18-12-7-13-19-26/h5-19,23H,20-22H2,1-4H3. The van der Waals surface area contributed by atoms with E-state index in [1.807, 2.05) is 0 Å². The zero-order chi connectivity index (χ0) is 21.0. The van der Waals surface area contributed by atoms with Crippen molar-refractivity contribution in [3.8, 4) is 0 Å². The van der Waals surface area contributed by atoms with E-state index in [0.717, 1.165) is 6.16 Å². The monoisotopic (exact) mass is 468 g/mol. The van der Waals surface area contributed by atoms with Crippen molar-refractivity contribution < 1.29 is 0 Å². The fourth-order valence-electron chi connectivity index (χ4n) is 4.66. The van der Waals surface area contributed by atoms with E-state index in [4.69, 9.17) is 0 Å². The molecule has 0 radical (unpaired) electrons. The molecule has 3 aromatic rings. The molecule has 2 heteroatoms. The third-order valence-electron chi connectivity index (χ3n) is 5.89. The van der Waals surface area contributed by atoms with Gasteiger partial charge in [-0.1, -0.05) is 0 Å². The summed E-state index contributed by atoms with van der Waals surface area (Å²) in [6.07, 6.45) is 3.56. The van der Waals surface area contributed by atoms with Crippen LogP contribution >= 0.6 is 20.8 Å². The third kappa shape index (κ3) is 4.68. The number of rotatable bonds is 7. The van der Waals surface area contributed by atoms with Crippen LogP contribution in [0, 0.1) is 11.3 Å². The SMILES string of the molecule is CC(CCP(Br)(c1ccccc1)(c1ccccc1)c1ccccc1)CC(C)(C)C. The Bertz CT molecular complexity index is 798. The molecule has 0 N–H and O–H groups in total. The van der Waals surface area contributed by atoms with Crippen LogP contribution in [0.1, 0.15) is 40.5 Å². The van der Waals surface area contributed by atoms with Crippen LogP contribution in [0.2, 0.25) is 0 Å². The Morgan fingerprint density at radius 2 is 1.03 bits per heavy atom. The molecule has 29 heavy (non-hydrogen) atoms. The van der Waals surface area contributed by atoms with E-state index < -0.39 is 5.31 Å². The molecule has 3 rings (SSSR count). The van der Waals surface area contributed by atoms with E-state index in [-0.39, 0.29) is 0 Å². The van der Waals surface area contributed by atoms with Gasteiger partial charge in [0.25, 0.3) is 0 Å². The summed E-state index contributed by atoms with van der Waals surface area (Å²) in [5.74, 6) is 0.671. The van der Waals surface area contributed by atoms with Gasteiger partial charge in [-0.25, -0.2) is 0 Å². The molecule has 0 aliphatic rings. The normalized spacial score (nSPS) is 14.7. The van der Waals surface area contributed by atoms with Crippen molar-refractivity contribution in [2.45, 2.75) is 40.5 Å². The molecule has 0 amide bonds. The molecular weight excluding hydrogens is 435 g/mol. The average molecular weight is 469 g/mol. The van der Waals surface area contributed by atoms with Crippen molar-refractivity contribution in [3.63, 3.8) is 0 Å². The van der Waals surface area contributed by atoms with Crippen molar-refractivity contribution in [2.75, 3.05) is 6.16 Å². The fraction of sp³-hybridized carbons (Fsp3) is 0.333. The quantitative estimate of drug-likeness (QED) is 0.319. The van der Waals surface area contributed by atoms with Crippen molar-refractivity contribution >= 4 is 36.7 Å². The Balaban J connectivity index is 2.19. The number of benzene rings is 3. The van der Waals surface area contributed by atoms with Crippen LogP contribution in [0.15, 0.2) is 91.0 Å². The van der Waals surface area contributed by atoms with Gasteiger partial charge >= 0.3 is 186 Å². The second-order valence-corrected chi connectivity index (χ2v) is 18.6. The molecule has 1 atom stereocenters. The van der Waals surface area contributed by atoms with Crippen LogP contribution in [0.4, 0.5) is 0 Å². The Morgan fingerprint density at radius 3 is 1.34 bits per heavy atom.